The summed E-state index contributed by atoms with van der Waals surface area (Å²) in [5.41, 5.74) is 1.02. The van der Waals surface area contributed by atoms with Gasteiger partial charge in [0.15, 0.2) is 0 Å². The van der Waals surface area contributed by atoms with Crippen LogP contribution in [0, 0.1) is 34.0 Å². The van der Waals surface area contributed by atoms with Gasteiger partial charge in [-0.25, -0.2) is 4.39 Å². The molecule has 3 unspecified atom stereocenters. The Bertz CT molecular complexity index is 346. The van der Waals surface area contributed by atoms with Gasteiger partial charge >= 0.3 is 0 Å². The van der Waals surface area contributed by atoms with E-state index in [1.54, 1.807) is 0 Å². The van der Waals surface area contributed by atoms with E-state index in [1.807, 2.05) is 0 Å². The SMILES string of the molecule is CC(C)(C)C1CCC2C[C@@H](F)CC[C@]2(C)C1C(C)(C)C. The summed E-state index contributed by atoms with van der Waals surface area (Å²) in [4.78, 5) is 0. The molecule has 0 saturated heterocycles. The largest absolute Gasteiger partial charge is 0.247 e. The molecule has 0 spiro atoms. The van der Waals surface area contributed by atoms with Crippen LogP contribution in [-0.2, 0) is 0 Å². The van der Waals surface area contributed by atoms with Crippen molar-refractivity contribution in [2.75, 3.05) is 0 Å². The molecule has 0 heterocycles. The molecule has 0 N–H and O–H groups in total. The standard InChI is InChI=1S/C19H35F/c1-17(2,3)15-9-8-13-12-14(20)10-11-19(13,7)16(15)18(4,5)6/h13-16H,8-12H2,1-7H3/t13?,14-,15?,16?,19-/m0/s1. The maximum absolute atomic E-state index is 13.9. The van der Waals surface area contributed by atoms with E-state index in [4.69, 9.17) is 0 Å². The lowest BCUT2D eigenvalue weighted by Gasteiger charge is -2.61. The third-order valence-corrected chi connectivity index (χ3v) is 6.45. The zero-order chi connectivity index (χ0) is 15.3. The lowest BCUT2D eigenvalue weighted by molar-refractivity contribution is -0.126. The van der Waals surface area contributed by atoms with Gasteiger partial charge in [0, 0.05) is 0 Å². The fourth-order valence-electron chi connectivity index (χ4n) is 5.76. The summed E-state index contributed by atoms with van der Waals surface area (Å²) in [7, 11) is 0. The molecule has 0 amide bonds. The Morgan fingerprint density at radius 3 is 2.00 bits per heavy atom. The quantitative estimate of drug-likeness (QED) is 0.492. The first-order valence-corrected chi connectivity index (χ1v) is 8.60. The number of fused-ring (bicyclic) bond motifs is 1. The summed E-state index contributed by atoms with van der Waals surface area (Å²) in [6.07, 6.45) is 4.69. The highest BCUT2D eigenvalue weighted by molar-refractivity contribution is 5.05. The predicted octanol–water partition coefficient (Wildman–Crippen LogP) is 6.25. The Hall–Kier alpha value is -0.0700. The third-order valence-electron chi connectivity index (χ3n) is 6.45. The molecule has 1 heteroatoms. The Kier molecular flexibility index (Phi) is 4.07. The van der Waals surface area contributed by atoms with Crippen molar-refractivity contribution in [3.63, 3.8) is 0 Å². The predicted molar refractivity (Wildman–Crippen MR) is 85.5 cm³/mol. The van der Waals surface area contributed by atoms with E-state index >= 15 is 0 Å². The van der Waals surface area contributed by atoms with E-state index in [2.05, 4.69) is 48.5 Å². The molecule has 0 radical (unpaired) electrons. The lowest BCUT2D eigenvalue weighted by atomic mass is 9.44. The fourth-order valence-corrected chi connectivity index (χ4v) is 5.76. The zero-order valence-electron chi connectivity index (χ0n) is 14.7. The first-order valence-electron chi connectivity index (χ1n) is 8.60. The number of halogens is 1. The van der Waals surface area contributed by atoms with Gasteiger partial charge in [0.25, 0.3) is 0 Å². The van der Waals surface area contributed by atoms with Crippen LogP contribution >= 0.6 is 0 Å². The minimum atomic E-state index is -0.542. The van der Waals surface area contributed by atoms with Crippen molar-refractivity contribution in [1.82, 2.24) is 0 Å². The molecule has 2 aliphatic rings. The van der Waals surface area contributed by atoms with Gasteiger partial charge in [0.1, 0.15) is 6.17 Å². The second kappa shape index (κ2) is 4.99. The van der Waals surface area contributed by atoms with E-state index in [0.717, 1.165) is 25.2 Å². The van der Waals surface area contributed by atoms with E-state index in [-0.39, 0.29) is 0 Å². The molecular formula is C19H35F. The number of hydrogen-bond donors (Lipinski definition) is 0. The molecule has 0 aromatic rings. The molecule has 2 rings (SSSR count). The molecule has 0 bridgehead atoms. The molecule has 0 aliphatic heterocycles. The molecule has 0 aromatic carbocycles. The minimum Gasteiger partial charge on any atom is -0.247 e. The molecule has 2 aliphatic carbocycles. The van der Waals surface area contributed by atoms with Crippen LogP contribution in [0.5, 0.6) is 0 Å². The highest BCUT2D eigenvalue weighted by Crippen LogP contribution is 2.63. The second-order valence-corrected chi connectivity index (χ2v) is 9.97. The van der Waals surface area contributed by atoms with Crippen molar-refractivity contribution < 1.29 is 4.39 Å². The third kappa shape index (κ3) is 2.79. The summed E-state index contributed by atoms with van der Waals surface area (Å²) >= 11 is 0. The molecule has 2 saturated carbocycles. The lowest BCUT2D eigenvalue weighted by Crippen LogP contribution is -2.54. The Balaban J connectivity index is 2.39. The van der Waals surface area contributed by atoms with Gasteiger partial charge in [-0.1, -0.05) is 48.5 Å². The van der Waals surface area contributed by atoms with E-state index < -0.39 is 6.17 Å². The normalized spacial score (nSPS) is 43.2. The van der Waals surface area contributed by atoms with Crippen LogP contribution in [0.4, 0.5) is 4.39 Å². The molecule has 0 aromatic heterocycles. The first-order chi connectivity index (χ1) is 8.96. The van der Waals surface area contributed by atoms with Crippen LogP contribution in [0.2, 0.25) is 0 Å². The van der Waals surface area contributed by atoms with Gasteiger partial charge in [-0.15, -0.1) is 0 Å². The molecule has 118 valence electrons. The summed E-state index contributed by atoms with van der Waals surface area (Å²) in [6.45, 7) is 16.9. The fraction of sp³-hybridized carbons (Fsp3) is 1.00. The van der Waals surface area contributed by atoms with Crippen molar-refractivity contribution in [2.45, 2.75) is 86.7 Å². The molecule has 0 nitrogen and oxygen atoms in total. The minimum absolute atomic E-state index is 0.314. The van der Waals surface area contributed by atoms with Crippen LogP contribution in [-0.4, -0.2) is 6.17 Å². The Morgan fingerprint density at radius 1 is 0.900 bits per heavy atom. The van der Waals surface area contributed by atoms with Crippen LogP contribution in [0.25, 0.3) is 0 Å². The average molecular weight is 282 g/mol. The topological polar surface area (TPSA) is 0 Å². The van der Waals surface area contributed by atoms with Crippen LogP contribution in [0.1, 0.15) is 80.6 Å². The zero-order valence-corrected chi connectivity index (χ0v) is 14.7. The monoisotopic (exact) mass is 282 g/mol. The number of alkyl halides is 1. The van der Waals surface area contributed by atoms with Gasteiger partial charge in [-0.3, -0.25) is 0 Å². The van der Waals surface area contributed by atoms with Gasteiger partial charge in [-0.05, 0) is 66.1 Å². The maximum Gasteiger partial charge on any atom is 0.100 e. The van der Waals surface area contributed by atoms with Crippen LogP contribution in [0.3, 0.4) is 0 Å². The van der Waals surface area contributed by atoms with Gasteiger partial charge in [-0.2, -0.15) is 0 Å². The summed E-state index contributed by atoms with van der Waals surface area (Å²) in [6, 6.07) is 0. The molecular weight excluding hydrogens is 247 g/mol. The van der Waals surface area contributed by atoms with Crippen LogP contribution < -0.4 is 0 Å². The average Bonchev–Trinajstić information content (AvgIpc) is 2.25. The van der Waals surface area contributed by atoms with Gasteiger partial charge in [0.05, 0.1) is 0 Å². The van der Waals surface area contributed by atoms with Crippen molar-refractivity contribution >= 4 is 0 Å². The maximum atomic E-state index is 13.9. The van der Waals surface area contributed by atoms with Crippen molar-refractivity contribution in [1.29, 1.82) is 0 Å². The molecule has 2 fully saturated rings. The second-order valence-electron chi connectivity index (χ2n) is 9.97. The smallest absolute Gasteiger partial charge is 0.100 e. The highest BCUT2D eigenvalue weighted by atomic mass is 19.1. The van der Waals surface area contributed by atoms with Crippen LogP contribution in [0.15, 0.2) is 0 Å². The van der Waals surface area contributed by atoms with E-state index in [9.17, 15) is 4.39 Å². The Labute approximate surface area is 125 Å². The first kappa shape index (κ1) is 16.3. The summed E-state index contributed by atoms with van der Waals surface area (Å²) in [5, 5.41) is 0. The molecule has 5 atom stereocenters. The summed E-state index contributed by atoms with van der Waals surface area (Å²) < 4.78 is 13.9. The van der Waals surface area contributed by atoms with E-state index in [0.29, 0.717) is 28.1 Å². The highest BCUT2D eigenvalue weighted by Gasteiger charge is 2.56. The Morgan fingerprint density at radius 2 is 1.50 bits per heavy atom. The van der Waals surface area contributed by atoms with Crippen molar-refractivity contribution in [2.24, 2.45) is 34.0 Å². The number of rotatable bonds is 0. The number of hydrogen-bond acceptors (Lipinski definition) is 0. The summed E-state index contributed by atoms with van der Waals surface area (Å²) in [5.74, 6) is 2.08. The van der Waals surface area contributed by atoms with Crippen molar-refractivity contribution in [3.05, 3.63) is 0 Å². The van der Waals surface area contributed by atoms with Gasteiger partial charge < -0.3 is 0 Å². The molecule has 20 heavy (non-hydrogen) atoms. The van der Waals surface area contributed by atoms with E-state index in [1.165, 1.54) is 12.8 Å². The van der Waals surface area contributed by atoms with Gasteiger partial charge in [0.2, 0.25) is 0 Å². The van der Waals surface area contributed by atoms with Crippen molar-refractivity contribution in [3.8, 4) is 0 Å².